The van der Waals surface area contributed by atoms with Crippen molar-refractivity contribution in [3.05, 3.63) is 36.0 Å². The van der Waals surface area contributed by atoms with Crippen molar-refractivity contribution in [1.82, 2.24) is 4.90 Å². The van der Waals surface area contributed by atoms with Gasteiger partial charge in [-0.3, -0.25) is 4.79 Å². The molecule has 0 aromatic heterocycles. The largest absolute Gasteiger partial charge is 0.339 e. The first-order chi connectivity index (χ1) is 7.74. The summed E-state index contributed by atoms with van der Waals surface area (Å²) in [4.78, 5) is 13.6. The Bertz CT molecular complexity index is 307. The van der Waals surface area contributed by atoms with E-state index in [9.17, 15) is 4.79 Å². The van der Waals surface area contributed by atoms with Crippen LogP contribution in [0.25, 0.3) is 0 Å². The quantitative estimate of drug-likeness (QED) is 0.527. The lowest BCUT2D eigenvalue weighted by Crippen LogP contribution is -2.34. The van der Waals surface area contributed by atoms with Crippen molar-refractivity contribution in [3.63, 3.8) is 0 Å². The molecule has 0 aromatic rings. The van der Waals surface area contributed by atoms with Crippen molar-refractivity contribution in [2.24, 2.45) is 0 Å². The summed E-state index contributed by atoms with van der Waals surface area (Å²) in [6.45, 7) is 5.88. The molecule has 88 valence electrons. The van der Waals surface area contributed by atoms with E-state index in [1.807, 2.05) is 43.1 Å². The summed E-state index contributed by atoms with van der Waals surface area (Å²) in [7, 11) is 0. The van der Waals surface area contributed by atoms with Crippen LogP contribution in [0.15, 0.2) is 36.0 Å². The van der Waals surface area contributed by atoms with Crippen LogP contribution in [0.1, 0.15) is 33.1 Å². The number of likely N-dealkylation sites (tertiary alicyclic amines) is 1. The van der Waals surface area contributed by atoms with Gasteiger partial charge in [-0.15, -0.1) is 0 Å². The molecular formula is C14H21NO. The SMILES string of the molecule is C/C=C(C)/C=C/C=C/C(=O)N1CCCCC1. The zero-order valence-electron chi connectivity index (χ0n) is 10.3. The molecule has 1 heterocycles. The van der Waals surface area contributed by atoms with Crippen LogP contribution in [-0.2, 0) is 4.79 Å². The fourth-order valence-corrected chi connectivity index (χ4v) is 1.66. The normalized spacial score (nSPS) is 18.6. The third-order valence-corrected chi connectivity index (χ3v) is 2.83. The van der Waals surface area contributed by atoms with Crippen LogP contribution < -0.4 is 0 Å². The molecule has 0 unspecified atom stereocenters. The van der Waals surface area contributed by atoms with Gasteiger partial charge in [0.2, 0.25) is 5.91 Å². The molecular weight excluding hydrogens is 198 g/mol. The van der Waals surface area contributed by atoms with Crippen molar-refractivity contribution >= 4 is 5.91 Å². The van der Waals surface area contributed by atoms with E-state index in [1.165, 1.54) is 12.0 Å². The lowest BCUT2D eigenvalue weighted by molar-refractivity contribution is -0.126. The lowest BCUT2D eigenvalue weighted by Gasteiger charge is -2.25. The van der Waals surface area contributed by atoms with Crippen molar-refractivity contribution in [1.29, 1.82) is 0 Å². The summed E-state index contributed by atoms with van der Waals surface area (Å²) in [5.74, 6) is 0.141. The Morgan fingerprint density at radius 3 is 2.31 bits per heavy atom. The van der Waals surface area contributed by atoms with Crippen LogP contribution >= 0.6 is 0 Å². The topological polar surface area (TPSA) is 20.3 Å². The summed E-state index contributed by atoms with van der Waals surface area (Å²) in [5, 5.41) is 0. The summed E-state index contributed by atoms with van der Waals surface area (Å²) in [6, 6.07) is 0. The van der Waals surface area contributed by atoms with Gasteiger partial charge in [0, 0.05) is 19.2 Å². The van der Waals surface area contributed by atoms with E-state index in [0.29, 0.717) is 0 Å². The molecule has 0 saturated carbocycles. The van der Waals surface area contributed by atoms with Gasteiger partial charge in [0.1, 0.15) is 0 Å². The summed E-state index contributed by atoms with van der Waals surface area (Å²) < 4.78 is 0. The van der Waals surface area contributed by atoms with E-state index in [-0.39, 0.29) is 5.91 Å². The second-order valence-corrected chi connectivity index (χ2v) is 4.14. The number of amides is 1. The molecule has 0 atom stereocenters. The van der Waals surface area contributed by atoms with E-state index in [2.05, 4.69) is 0 Å². The molecule has 1 saturated heterocycles. The average Bonchev–Trinajstić information content (AvgIpc) is 2.35. The minimum absolute atomic E-state index is 0.141. The third-order valence-electron chi connectivity index (χ3n) is 2.83. The highest BCUT2D eigenvalue weighted by molar-refractivity contribution is 5.87. The van der Waals surface area contributed by atoms with Crippen molar-refractivity contribution < 1.29 is 4.79 Å². The van der Waals surface area contributed by atoms with E-state index in [1.54, 1.807) is 6.08 Å². The predicted octanol–water partition coefficient (Wildman–Crippen LogP) is 3.08. The van der Waals surface area contributed by atoms with Crippen LogP contribution in [0.3, 0.4) is 0 Å². The highest BCUT2D eigenvalue weighted by atomic mass is 16.2. The number of allylic oxidation sites excluding steroid dienone is 5. The van der Waals surface area contributed by atoms with E-state index in [0.717, 1.165) is 25.9 Å². The molecule has 1 aliphatic heterocycles. The van der Waals surface area contributed by atoms with Crippen LogP contribution in [-0.4, -0.2) is 23.9 Å². The molecule has 0 spiro atoms. The Kier molecular flexibility index (Phi) is 5.62. The second-order valence-electron chi connectivity index (χ2n) is 4.14. The number of carbonyl (C=O) groups is 1. The van der Waals surface area contributed by atoms with Gasteiger partial charge in [-0.05, 0) is 33.1 Å². The van der Waals surface area contributed by atoms with E-state index >= 15 is 0 Å². The maximum absolute atomic E-state index is 11.7. The molecule has 0 bridgehead atoms. The monoisotopic (exact) mass is 219 g/mol. The Balaban J connectivity index is 2.38. The van der Waals surface area contributed by atoms with E-state index in [4.69, 9.17) is 0 Å². The number of nitrogens with zero attached hydrogens (tertiary/aromatic N) is 1. The zero-order chi connectivity index (χ0) is 11.8. The Morgan fingerprint density at radius 2 is 1.69 bits per heavy atom. The Hall–Kier alpha value is -1.31. The van der Waals surface area contributed by atoms with Crippen LogP contribution in [0.5, 0.6) is 0 Å². The first-order valence-corrected chi connectivity index (χ1v) is 6.00. The zero-order valence-corrected chi connectivity index (χ0v) is 10.3. The Morgan fingerprint density at radius 1 is 1.06 bits per heavy atom. The van der Waals surface area contributed by atoms with Gasteiger partial charge >= 0.3 is 0 Å². The lowest BCUT2D eigenvalue weighted by atomic mass is 10.1. The standard InChI is InChI=1S/C14H21NO/c1-3-13(2)9-5-6-10-14(16)15-11-7-4-8-12-15/h3,5-6,9-10H,4,7-8,11-12H2,1-2H3/b9-5+,10-6+,13-3+. The summed E-state index contributed by atoms with van der Waals surface area (Å²) in [6.07, 6.45) is 13.0. The molecule has 2 heteroatoms. The smallest absolute Gasteiger partial charge is 0.246 e. The first-order valence-electron chi connectivity index (χ1n) is 6.00. The third kappa shape index (κ3) is 4.47. The fraction of sp³-hybridized carbons (Fsp3) is 0.500. The van der Waals surface area contributed by atoms with Gasteiger partial charge in [0.05, 0.1) is 0 Å². The van der Waals surface area contributed by atoms with E-state index < -0.39 is 0 Å². The molecule has 1 amide bonds. The van der Waals surface area contributed by atoms with Gasteiger partial charge < -0.3 is 4.90 Å². The van der Waals surface area contributed by atoms with Crippen LogP contribution in [0, 0.1) is 0 Å². The minimum Gasteiger partial charge on any atom is -0.339 e. The van der Waals surface area contributed by atoms with Gasteiger partial charge in [-0.2, -0.15) is 0 Å². The van der Waals surface area contributed by atoms with Crippen molar-refractivity contribution in [3.8, 4) is 0 Å². The van der Waals surface area contributed by atoms with Crippen molar-refractivity contribution in [2.45, 2.75) is 33.1 Å². The molecule has 2 nitrogen and oxygen atoms in total. The highest BCUT2D eigenvalue weighted by Crippen LogP contribution is 2.08. The number of rotatable bonds is 3. The first kappa shape index (κ1) is 12.8. The van der Waals surface area contributed by atoms with Crippen LogP contribution in [0.2, 0.25) is 0 Å². The molecule has 1 aliphatic rings. The van der Waals surface area contributed by atoms with Crippen LogP contribution in [0.4, 0.5) is 0 Å². The van der Waals surface area contributed by atoms with Gasteiger partial charge in [0.25, 0.3) is 0 Å². The molecule has 0 N–H and O–H groups in total. The number of hydrogen-bond acceptors (Lipinski definition) is 1. The molecule has 0 radical (unpaired) electrons. The maximum atomic E-state index is 11.7. The predicted molar refractivity (Wildman–Crippen MR) is 68.1 cm³/mol. The number of carbonyl (C=O) groups excluding carboxylic acids is 1. The average molecular weight is 219 g/mol. The second kappa shape index (κ2) is 7.04. The summed E-state index contributed by atoms with van der Waals surface area (Å²) in [5.41, 5.74) is 1.20. The van der Waals surface area contributed by atoms with Gasteiger partial charge in [-0.25, -0.2) is 0 Å². The fourth-order valence-electron chi connectivity index (χ4n) is 1.66. The number of hydrogen-bond donors (Lipinski definition) is 0. The molecule has 1 rings (SSSR count). The Labute approximate surface area is 98.3 Å². The molecule has 16 heavy (non-hydrogen) atoms. The minimum atomic E-state index is 0.141. The molecule has 0 aliphatic carbocycles. The van der Waals surface area contributed by atoms with Gasteiger partial charge in [0.15, 0.2) is 0 Å². The highest BCUT2D eigenvalue weighted by Gasteiger charge is 2.12. The van der Waals surface area contributed by atoms with Gasteiger partial charge in [-0.1, -0.05) is 29.9 Å². The van der Waals surface area contributed by atoms with Crippen molar-refractivity contribution in [2.75, 3.05) is 13.1 Å². The number of piperidine rings is 1. The maximum Gasteiger partial charge on any atom is 0.246 e. The summed E-state index contributed by atoms with van der Waals surface area (Å²) >= 11 is 0. The molecule has 1 fully saturated rings. The molecule has 0 aromatic carbocycles.